The van der Waals surface area contributed by atoms with Crippen LogP contribution in [0.15, 0.2) is 18.2 Å². The topological polar surface area (TPSA) is 43.4 Å². The Morgan fingerprint density at radius 3 is 2.30 bits per heavy atom. The Hall–Kier alpha value is -0.471. The molecule has 3 nitrogen and oxygen atoms in total. The summed E-state index contributed by atoms with van der Waals surface area (Å²) in [7, 11) is 5.11. The minimum absolute atomic E-state index is 0. The molecule has 0 fully saturated rings. The van der Waals surface area contributed by atoms with Crippen molar-refractivity contribution < 1.29 is 47.0 Å². The number of benzene rings is 1. The Kier molecular flexibility index (Phi) is 11.2. The Balaban J connectivity index is 0. The van der Waals surface area contributed by atoms with E-state index in [4.69, 9.17) is 12.6 Å². The molecule has 0 N–H and O–H groups in total. The van der Waals surface area contributed by atoms with Crippen molar-refractivity contribution in [3.63, 3.8) is 0 Å². The molecule has 0 aromatic heterocycles. The fraction of sp³-hybridized carbons (Fsp3) is 0.467. The largest absolute Gasteiger partial charge is 0.542 e. The third-order valence-electron chi connectivity index (χ3n) is 2.01. The molecule has 105 valence electrons. The molecular weight excluding hydrogens is 328 g/mol. The molecule has 0 bridgehead atoms. The third kappa shape index (κ3) is 11.4. The van der Waals surface area contributed by atoms with Crippen LogP contribution in [0.2, 0.25) is 5.31 Å². The number of ether oxygens (including phenoxy) is 1. The van der Waals surface area contributed by atoms with E-state index in [1.54, 1.807) is 20.1 Å². The van der Waals surface area contributed by atoms with Gasteiger partial charge in [-0.15, -0.1) is 5.56 Å². The normalized spacial score (nSPS) is 11.2. The molecule has 1 atom stereocenters. The number of carbonyl (C=O) groups is 1. The molecule has 1 aromatic rings. The molecule has 5 heteroatoms. The van der Waals surface area contributed by atoms with Gasteiger partial charge in [-0.3, -0.25) is 11.1 Å². The molecule has 1 rings (SSSR count). The first-order valence-electron chi connectivity index (χ1n) is 6.00. The standard InChI is InChI=1S/C11H13O2.C4H6BO.Y/c1-8-5-4-6-11(7-8)9(2)13-10(3)12;1-4(2,5)3-6;/h4-6,9H,1-3H3;1-2H3;/q2*-1;. The zero-order valence-electron chi connectivity index (χ0n) is 12.7. The third-order valence-corrected chi connectivity index (χ3v) is 2.01. The molecule has 0 saturated carbocycles. The van der Waals surface area contributed by atoms with Crippen molar-refractivity contribution in [1.29, 1.82) is 0 Å². The van der Waals surface area contributed by atoms with Gasteiger partial charge in [0, 0.05) is 47.5 Å². The SMILES string of the molecule is CC(=O)OC(C)c1[c-]c(C)ccc1.[B]C(C)(C)[C-]=O.[Y]. The van der Waals surface area contributed by atoms with Crippen LogP contribution in [0, 0.1) is 13.0 Å². The molecule has 1 aromatic carbocycles. The van der Waals surface area contributed by atoms with Crippen LogP contribution in [-0.4, -0.2) is 20.1 Å². The summed E-state index contributed by atoms with van der Waals surface area (Å²) in [4.78, 5) is 20.3. The van der Waals surface area contributed by atoms with Crippen molar-refractivity contribution in [2.45, 2.75) is 46.0 Å². The Morgan fingerprint density at radius 2 is 1.95 bits per heavy atom. The molecule has 3 radical (unpaired) electrons. The zero-order valence-corrected chi connectivity index (χ0v) is 15.5. The van der Waals surface area contributed by atoms with Crippen LogP contribution < -0.4 is 0 Å². The fourth-order valence-electron chi connectivity index (χ4n) is 1.16. The molecule has 0 heterocycles. The van der Waals surface area contributed by atoms with Gasteiger partial charge in [-0.05, 0) is 6.92 Å². The molecular formula is C15H19BO3Y-2. The van der Waals surface area contributed by atoms with Crippen LogP contribution in [0.25, 0.3) is 0 Å². The molecule has 0 aliphatic carbocycles. The minimum Gasteiger partial charge on any atom is -0.542 e. The monoisotopic (exact) mass is 347 g/mol. The van der Waals surface area contributed by atoms with Crippen molar-refractivity contribution in [1.82, 2.24) is 0 Å². The second kappa shape index (κ2) is 10.3. The number of aryl methyl sites for hydroxylation is 1. The van der Waals surface area contributed by atoms with E-state index < -0.39 is 5.31 Å². The van der Waals surface area contributed by atoms with Crippen LogP contribution in [0.4, 0.5) is 0 Å². The predicted octanol–water partition coefficient (Wildman–Crippen LogP) is 2.88. The zero-order chi connectivity index (χ0) is 15.1. The smallest absolute Gasteiger partial charge is 0.303 e. The van der Waals surface area contributed by atoms with Crippen molar-refractivity contribution in [2.24, 2.45) is 0 Å². The summed E-state index contributed by atoms with van der Waals surface area (Å²) in [5.74, 6) is -0.262. The summed E-state index contributed by atoms with van der Waals surface area (Å²) >= 11 is 0. The van der Waals surface area contributed by atoms with Gasteiger partial charge in [-0.2, -0.15) is 35.1 Å². The maximum Gasteiger partial charge on any atom is 0.303 e. The van der Waals surface area contributed by atoms with Gasteiger partial charge >= 0.3 is 5.97 Å². The van der Waals surface area contributed by atoms with Gasteiger partial charge in [-0.25, -0.2) is 0 Å². The van der Waals surface area contributed by atoms with E-state index in [2.05, 4.69) is 6.07 Å². The number of esters is 1. The van der Waals surface area contributed by atoms with Crippen molar-refractivity contribution in [3.8, 4) is 0 Å². The first kappa shape index (κ1) is 21.8. The molecule has 0 spiro atoms. The molecule has 0 aliphatic heterocycles. The molecule has 0 saturated heterocycles. The first-order valence-corrected chi connectivity index (χ1v) is 6.00. The summed E-state index contributed by atoms with van der Waals surface area (Å²) in [6, 6.07) is 8.93. The summed E-state index contributed by atoms with van der Waals surface area (Å²) in [5, 5.41) is -0.764. The molecule has 1 unspecified atom stereocenters. The average Bonchev–Trinajstić information content (AvgIpc) is 2.28. The average molecular weight is 347 g/mol. The van der Waals surface area contributed by atoms with E-state index in [0.717, 1.165) is 11.1 Å². The number of hydrogen-bond acceptors (Lipinski definition) is 3. The molecule has 0 aliphatic rings. The molecule has 0 amide bonds. The van der Waals surface area contributed by atoms with Crippen molar-refractivity contribution in [3.05, 3.63) is 35.4 Å². The van der Waals surface area contributed by atoms with E-state index in [1.165, 1.54) is 6.92 Å². The maximum atomic E-state index is 10.7. The Morgan fingerprint density at radius 1 is 1.45 bits per heavy atom. The van der Waals surface area contributed by atoms with E-state index in [0.29, 0.717) is 0 Å². The second-order valence-corrected chi connectivity index (χ2v) is 4.86. The summed E-state index contributed by atoms with van der Waals surface area (Å²) in [5.41, 5.74) is 1.96. The number of hydrogen-bond donors (Lipinski definition) is 0. The van der Waals surface area contributed by atoms with Crippen molar-refractivity contribution in [2.75, 3.05) is 0 Å². The Labute approximate surface area is 148 Å². The summed E-state index contributed by atoms with van der Waals surface area (Å²) in [6.07, 6.45) is 1.42. The van der Waals surface area contributed by atoms with E-state index in [-0.39, 0.29) is 44.8 Å². The van der Waals surface area contributed by atoms with Crippen molar-refractivity contribution >= 4 is 20.1 Å². The summed E-state index contributed by atoms with van der Waals surface area (Å²) < 4.78 is 5.02. The van der Waals surface area contributed by atoms with Crippen LogP contribution in [0.3, 0.4) is 0 Å². The van der Waals surface area contributed by atoms with Crippen LogP contribution in [0.5, 0.6) is 0 Å². The van der Waals surface area contributed by atoms with E-state index >= 15 is 0 Å². The number of rotatable bonds is 3. The quantitative estimate of drug-likeness (QED) is 0.480. The van der Waals surface area contributed by atoms with Crippen LogP contribution in [-0.2, 0) is 47.0 Å². The predicted molar refractivity (Wildman–Crippen MR) is 75.7 cm³/mol. The van der Waals surface area contributed by atoms with Gasteiger partial charge in [0.25, 0.3) is 0 Å². The molecule has 20 heavy (non-hydrogen) atoms. The van der Waals surface area contributed by atoms with Gasteiger partial charge < -0.3 is 9.53 Å². The van der Waals surface area contributed by atoms with E-state index in [1.807, 2.05) is 32.0 Å². The number of carbonyl (C=O) groups excluding carboxylic acids is 2. The van der Waals surface area contributed by atoms with Gasteiger partial charge in [0.2, 0.25) is 0 Å². The Bertz CT molecular complexity index is 427. The maximum absolute atomic E-state index is 10.7. The fourth-order valence-corrected chi connectivity index (χ4v) is 1.16. The van der Waals surface area contributed by atoms with Gasteiger partial charge in [0.1, 0.15) is 6.10 Å². The van der Waals surface area contributed by atoms with Crippen LogP contribution >= 0.6 is 0 Å². The first-order chi connectivity index (χ1) is 8.65. The van der Waals surface area contributed by atoms with Gasteiger partial charge in [0.15, 0.2) is 0 Å². The van der Waals surface area contributed by atoms with E-state index in [9.17, 15) is 9.59 Å². The summed E-state index contributed by atoms with van der Waals surface area (Å²) in [6.45, 7) is 8.41. The van der Waals surface area contributed by atoms with Crippen LogP contribution in [0.1, 0.15) is 44.9 Å². The second-order valence-electron chi connectivity index (χ2n) is 4.86. The minimum atomic E-state index is -0.764. The van der Waals surface area contributed by atoms with Gasteiger partial charge in [-0.1, -0.05) is 20.8 Å². The van der Waals surface area contributed by atoms with Gasteiger partial charge in [0.05, 0.1) is 0 Å².